The molecular formula is C13H18FIN2O. The standard InChI is InChI=1S/C13H18FIN2O/c1-9(6-11-8-18-5-4-16-11)17-13-3-2-10(14)7-12(13)15/h2-3,7,9,11,16-17H,4-6,8H2,1H3. The van der Waals surface area contributed by atoms with Gasteiger partial charge in [0.25, 0.3) is 0 Å². The highest BCUT2D eigenvalue weighted by atomic mass is 127. The zero-order valence-electron chi connectivity index (χ0n) is 10.4. The maximum atomic E-state index is 13.0. The molecule has 0 radical (unpaired) electrons. The van der Waals surface area contributed by atoms with Crippen LogP contribution >= 0.6 is 22.6 Å². The van der Waals surface area contributed by atoms with Crippen LogP contribution in [0.1, 0.15) is 13.3 Å². The normalized spacial score (nSPS) is 21.6. The van der Waals surface area contributed by atoms with Crippen LogP contribution in [0.3, 0.4) is 0 Å². The van der Waals surface area contributed by atoms with Crippen LogP contribution in [0.5, 0.6) is 0 Å². The van der Waals surface area contributed by atoms with Crippen molar-refractivity contribution in [3.63, 3.8) is 0 Å². The smallest absolute Gasteiger partial charge is 0.124 e. The van der Waals surface area contributed by atoms with E-state index in [9.17, 15) is 4.39 Å². The summed E-state index contributed by atoms with van der Waals surface area (Å²) < 4.78 is 19.3. The summed E-state index contributed by atoms with van der Waals surface area (Å²) in [7, 11) is 0. The van der Waals surface area contributed by atoms with Gasteiger partial charge in [-0.05, 0) is 54.1 Å². The molecule has 1 saturated heterocycles. The first kappa shape index (κ1) is 14.0. The Balaban J connectivity index is 1.87. The highest BCUT2D eigenvalue weighted by Crippen LogP contribution is 2.20. The molecule has 100 valence electrons. The van der Waals surface area contributed by atoms with Gasteiger partial charge in [-0.15, -0.1) is 0 Å². The van der Waals surface area contributed by atoms with E-state index in [1.807, 2.05) is 0 Å². The second kappa shape index (κ2) is 6.68. The van der Waals surface area contributed by atoms with Crippen molar-refractivity contribution in [3.8, 4) is 0 Å². The number of hydrogen-bond acceptors (Lipinski definition) is 3. The van der Waals surface area contributed by atoms with E-state index in [1.165, 1.54) is 12.1 Å². The summed E-state index contributed by atoms with van der Waals surface area (Å²) >= 11 is 2.15. The summed E-state index contributed by atoms with van der Waals surface area (Å²) in [6.45, 7) is 4.63. The monoisotopic (exact) mass is 364 g/mol. The largest absolute Gasteiger partial charge is 0.382 e. The van der Waals surface area contributed by atoms with Crippen molar-refractivity contribution in [2.24, 2.45) is 0 Å². The molecule has 0 saturated carbocycles. The first-order valence-electron chi connectivity index (χ1n) is 6.18. The molecule has 2 atom stereocenters. The number of ether oxygens (including phenoxy) is 1. The molecule has 2 N–H and O–H groups in total. The molecule has 1 aliphatic rings. The average Bonchev–Trinajstić information content (AvgIpc) is 2.34. The second-order valence-corrected chi connectivity index (χ2v) is 5.79. The Morgan fingerprint density at radius 1 is 1.61 bits per heavy atom. The molecule has 2 unspecified atom stereocenters. The van der Waals surface area contributed by atoms with Crippen LogP contribution in [-0.4, -0.2) is 31.8 Å². The summed E-state index contributed by atoms with van der Waals surface area (Å²) in [4.78, 5) is 0. The second-order valence-electron chi connectivity index (χ2n) is 4.63. The summed E-state index contributed by atoms with van der Waals surface area (Å²) in [5.41, 5.74) is 0.987. The topological polar surface area (TPSA) is 33.3 Å². The summed E-state index contributed by atoms with van der Waals surface area (Å²) in [6.07, 6.45) is 0.994. The van der Waals surface area contributed by atoms with Crippen molar-refractivity contribution in [2.75, 3.05) is 25.1 Å². The van der Waals surface area contributed by atoms with Crippen molar-refractivity contribution in [1.82, 2.24) is 5.32 Å². The quantitative estimate of drug-likeness (QED) is 0.806. The summed E-state index contributed by atoms with van der Waals surface area (Å²) in [6, 6.07) is 5.54. The maximum Gasteiger partial charge on any atom is 0.124 e. The lowest BCUT2D eigenvalue weighted by Gasteiger charge is -2.27. The lowest BCUT2D eigenvalue weighted by Crippen LogP contribution is -2.43. The molecule has 0 aromatic heterocycles. The van der Waals surface area contributed by atoms with E-state index in [1.54, 1.807) is 6.07 Å². The Hall–Kier alpha value is -0.400. The van der Waals surface area contributed by atoms with Crippen LogP contribution in [0.15, 0.2) is 18.2 Å². The molecule has 1 aromatic carbocycles. The Labute approximate surface area is 121 Å². The molecule has 0 aliphatic carbocycles. The molecule has 0 bridgehead atoms. The third-order valence-corrected chi connectivity index (χ3v) is 3.86. The molecule has 0 amide bonds. The third-order valence-electron chi connectivity index (χ3n) is 2.97. The molecule has 18 heavy (non-hydrogen) atoms. The highest BCUT2D eigenvalue weighted by molar-refractivity contribution is 14.1. The molecule has 5 heteroatoms. The molecule has 1 aliphatic heterocycles. The van der Waals surface area contributed by atoms with Gasteiger partial charge in [0.05, 0.1) is 13.2 Å². The van der Waals surface area contributed by atoms with Crippen molar-refractivity contribution in [2.45, 2.75) is 25.4 Å². The Bertz CT molecular complexity index is 397. The SMILES string of the molecule is CC(CC1COCCN1)Nc1ccc(F)cc1I. The minimum Gasteiger partial charge on any atom is -0.382 e. The number of rotatable bonds is 4. The number of morpholine rings is 1. The lowest BCUT2D eigenvalue weighted by atomic mass is 10.1. The van der Waals surface area contributed by atoms with E-state index in [0.717, 1.165) is 35.4 Å². The van der Waals surface area contributed by atoms with E-state index >= 15 is 0 Å². The fourth-order valence-electron chi connectivity index (χ4n) is 2.13. The molecule has 0 spiro atoms. The summed E-state index contributed by atoms with van der Waals surface area (Å²) in [5, 5.41) is 6.85. The molecule has 2 rings (SSSR count). The van der Waals surface area contributed by atoms with Crippen molar-refractivity contribution in [3.05, 3.63) is 27.6 Å². The van der Waals surface area contributed by atoms with Gasteiger partial charge in [-0.3, -0.25) is 0 Å². The van der Waals surface area contributed by atoms with Gasteiger partial charge < -0.3 is 15.4 Å². The highest BCUT2D eigenvalue weighted by Gasteiger charge is 2.16. The van der Waals surface area contributed by atoms with E-state index in [4.69, 9.17) is 4.74 Å². The van der Waals surface area contributed by atoms with Crippen LogP contribution in [-0.2, 0) is 4.74 Å². The summed E-state index contributed by atoms with van der Waals surface area (Å²) in [5.74, 6) is -0.194. The van der Waals surface area contributed by atoms with Gasteiger partial charge in [0.1, 0.15) is 5.82 Å². The van der Waals surface area contributed by atoms with Gasteiger partial charge in [-0.25, -0.2) is 4.39 Å². The lowest BCUT2D eigenvalue weighted by molar-refractivity contribution is 0.0731. The van der Waals surface area contributed by atoms with E-state index < -0.39 is 0 Å². The number of anilines is 1. The first-order chi connectivity index (χ1) is 8.65. The van der Waals surface area contributed by atoms with E-state index in [0.29, 0.717) is 12.1 Å². The van der Waals surface area contributed by atoms with E-state index in [-0.39, 0.29) is 5.82 Å². The number of nitrogens with one attached hydrogen (secondary N) is 2. The first-order valence-corrected chi connectivity index (χ1v) is 7.26. The van der Waals surface area contributed by atoms with Gasteiger partial charge in [0.15, 0.2) is 0 Å². The molecular weight excluding hydrogens is 346 g/mol. The molecule has 3 nitrogen and oxygen atoms in total. The van der Waals surface area contributed by atoms with Crippen LogP contribution in [0.25, 0.3) is 0 Å². The Kier molecular flexibility index (Phi) is 5.20. The van der Waals surface area contributed by atoms with Crippen LogP contribution < -0.4 is 10.6 Å². The molecule has 1 aromatic rings. The minimum atomic E-state index is -0.194. The maximum absolute atomic E-state index is 13.0. The third kappa shape index (κ3) is 4.07. The van der Waals surface area contributed by atoms with Gasteiger partial charge >= 0.3 is 0 Å². The molecule has 1 heterocycles. The predicted molar refractivity (Wildman–Crippen MR) is 79.4 cm³/mol. The fourth-order valence-corrected chi connectivity index (χ4v) is 2.76. The Morgan fingerprint density at radius 3 is 3.11 bits per heavy atom. The number of benzene rings is 1. The average molecular weight is 364 g/mol. The van der Waals surface area contributed by atoms with Gasteiger partial charge in [-0.2, -0.15) is 0 Å². The van der Waals surface area contributed by atoms with Gasteiger partial charge in [0, 0.05) is 27.9 Å². The van der Waals surface area contributed by atoms with Crippen LogP contribution in [0.2, 0.25) is 0 Å². The zero-order valence-corrected chi connectivity index (χ0v) is 12.5. The molecule has 1 fully saturated rings. The Morgan fingerprint density at radius 2 is 2.44 bits per heavy atom. The minimum absolute atomic E-state index is 0.194. The van der Waals surface area contributed by atoms with Crippen LogP contribution in [0, 0.1) is 9.39 Å². The van der Waals surface area contributed by atoms with Gasteiger partial charge in [-0.1, -0.05) is 0 Å². The predicted octanol–water partition coefficient (Wildman–Crippen LogP) is 2.61. The number of halogens is 2. The van der Waals surface area contributed by atoms with Crippen molar-refractivity contribution >= 4 is 28.3 Å². The fraction of sp³-hybridized carbons (Fsp3) is 0.538. The van der Waals surface area contributed by atoms with Crippen LogP contribution in [0.4, 0.5) is 10.1 Å². The van der Waals surface area contributed by atoms with E-state index in [2.05, 4.69) is 40.1 Å². The zero-order chi connectivity index (χ0) is 13.0. The van der Waals surface area contributed by atoms with Crippen molar-refractivity contribution in [1.29, 1.82) is 0 Å². The number of hydrogen-bond donors (Lipinski definition) is 2. The van der Waals surface area contributed by atoms with Crippen molar-refractivity contribution < 1.29 is 9.13 Å². The van der Waals surface area contributed by atoms with Gasteiger partial charge in [0.2, 0.25) is 0 Å².